The summed E-state index contributed by atoms with van der Waals surface area (Å²) in [5.41, 5.74) is 2.32. The van der Waals surface area contributed by atoms with Crippen LogP contribution in [0.25, 0.3) is 0 Å². The minimum absolute atomic E-state index is 0.152. The number of thiazole rings is 1. The molecule has 0 fully saturated rings. The number of carbonyl (C=O) groups excluding carboxylic acids is 3. The molecule has 1 atom stereocenters. The summed E-state index contributed by atoms with van der Waals surface area (Å²) in [5.74, 6) is -1.16. The van der Waals surface area contributed by atoms with Crippen molar-refractivity contribution in [3.63, 3.8) is 0 Å². The summed E-state index contributed by atoms with van der Waals surface area (Å²) < 4.78 is 4.98. The van der Waals surface area contributed by atoms with Gasteiger partial charge in [-0.1, -0.05) is 18.2 Å². The highest BCUT2D eigenvalue weighted by atomic mass is 32.1. The number of hydrogen-bond acceptors (Lipinski definition) is 6. The van der Waals surface area contributed by atoms with Crippen molar-refractivity contribution < 1.29 is 19.1 Å². The maximum Gasteiger partial charge on any atom is 0.338 e. The summed E-state index contributed by atoms with van der Waals surface area (Å²) in [6, 6.07) is 15.6. The molecule has 4 rings (SSSR count). The second-order valence-electron chi connectivity index (χ2n) is 7.38. The maximum atomic E-state index is 13.0. The molecule has 1 aromatic heterocycles. The quantitative estimate of drug-likeness (QED) is 0.535. The number of benzene rings is 2. The second kappa shape index (κ2) is 9.74. The molecule has 1 unspecified atom stereocenters. The van der Waals surface area contributed by atoms with E-state index in [0.29, 0.717) is 35.0 Å². The summed E-state index contributed by atoms with van der Waals surface area (Å²) in [4.78, 5) is 42.8. The normalized spacial score (nSPS) is 14.8. The van der Waals surface area contributed by atoms with Gasteiger partial charge in [0.25, 0.3) is 5.91 Å². The Hall–Kier alpha value is -3.52. The summed E-state index contributed by atoms with van der Waals surface area (Å²) in [5, 5.41) is 6.26. The van der Waals surface area contributed by atoms with Gasteiger partial charge in [-0.2, -0.15) is 0 Å². The lowest BCUT2D eigenvalue weighted by molar-refractivity contribution is -0.117. The van der Waals surface area contributed by atoms with Gasteiger partial charge in [-0.05, 0) is 62.6 Å². The van der Waals surface area contributed by atoms with Gasteiger partial charge in [-0.3, -0.25) is 14.9 Å². The predicted molar refractivity (Wildman–Crippen MR) is 123 cm³/mol. The van der Waals surface area contributed by atoms with Gasteiger partial charge in [0.05, 0.1) is 23.8 Å². The third-order valence-electron chi connectivity index (χ3n) is 5.19. The van der Waals surface area contributed by atoms with E-state index in [4.69, 9.17) is 4.74 Å². The first-order chi connectivity index (χ1) is 15.5. The van der Waals surface area contributed by atoms with Crippen molar-refractivity contribution in [2.24, 2.45) is 0 Å². The summed E-state index contributed by atoms with van der Waals surface area (Å²) in [6.07, 6.45) is 2.41. The Morgan fingerprint density at radius 1 is 1.03 bits per heavy atom. The number of nitrogens with one attached hydrogen (secondary N) is 2. The molecular weight excluding hydrogens is 426 g/mol. The smallest absolute Gasteiger partial charge is 0.338 e. The zero-order valence-corrected chi connectivity index (χ0v) is 18.4. The van der Waals surface area contributed by atoms with Crippen molar-refractivity contribution in [1.82, 2.24) is 4.98 Å². The standard InChI is InChI=1S/C24H23N3O4S/c1-2-31-23(30)16-11-13-17(14-12-16)25-22(29)18-9-6-10-19-20(18)26-24(32-19)27-21(28)15-7-4-3-5-8-15/h3-5,7-8,11-14,18H,2,6,9-10H2,1H3,(H,25,29)(H,26,27,28). The van der Waals surface area contributed by atoms with Gasteiger partial charge in [0.2, 0.25) is 5.91 Å². The molecule has 0 bridgehead atoms. The number of amides is 2. The Bertz CT molecular complexity index is 1130. The van der Waals surface area contributed by atoms with E-state index in [1.165, 1.54) is 11.3 Å². The summed E-state index contributed by atoms with van der Waals surface area (Å²) in [6.45, 7) is 2.06. The number of aromatic nitrogens is 1. The van der Waals surface area contributed by atoms with Gasteiger partial charge in [0.1, 0.15) is 0 Å². The Labute approximate surface area is 189 Å². The lowest BCUT2D eigenvalue weighted by Crippen LogP contribution is -2.24. The van der Waals surface area contributed by atoms with Crippen LogP contribution in [-0.2, 0) is 16.0 Å². The van der Waals surface area contributed by atoms with Crippen molar-refractivity contribution in [1.29, 1.82) is 0 Å². The number of anilines is 2. The average Bonchev–Trinajstić information content (AvgIpc) is 3.22. The third-order valence-corrected chi connectivity index (χ3v) is 6.24. The fourth-order valence-electron chi connectivity index (χ4n) is 3.62. The monoisotopic (exact) mass is 449 g/mol. The highest BCUT2D eigenvalue weighted by Crippen LogP contribution is 2.37. The molecule has 1 aliphatic rings. The molecule has 0 saturated heterocycles. The number of rotatable bonds is 6. The molecule has 164 valence electrons. The Kier molecular flexibility index (Phi) is 6.61. The average molecular weight is 450 g/mol. The summed E-state index contributed by atoms with van der Waals surface area (Å²) >= 11 is 1.42. The number of aryl methyl sites for hydroxylation is 1. The van der Waals surface area contributed by atoms with E-state index in [1.807, 2.05) is 6.07 Å². The van der Waals surface area contributed by atoms with Crippen molar-refractivity contribution in [2.45, 2.75) is 32.1 Å². The third kappa shape index (κ3) is 4.86. The fourth-order valence-corrected chi connectivity index (χ4v) is 4.68. The van der Waals surface area contributed by atoms with Crippen molar-refractivity contribution in [2.75, 3.05) is 17.2 Å². The first-order valence-electron chi connectivity index (χ1n) is 10.5. The van der Waals surface area contributed by atoms with E-state index >= 15 is 0 Å². The van der Waals surface area contributed by atoms with Crippen LogP contribution in [0.15, 0.2) is 54.6 Å². The molecule has 7 nitrogen and oxygen atoms in total. The summed E-state index contributed by atoms with van der Waals surface area (Å²) in [7, 11) is 0. The SMILES string of the molecule is CCOC(=O)c1ccc(NC(=O)C2CCCc3sc(NC(=O)c4ccccc4)nc32)cc1. The maximum absolute atomic E-state index is 13.0. The molecular formula is C24H23N3O4S. The first-order valence-corrected chi connectivity index (χ1v) is 11.3. The second-order valence-corrected chi connectivity index (χ2v) is 8.46. The molecule has 1 heterocycles. The van der Waals surface area contributed by atoms with Crippen molar-refractivity contribution in [3.05, 3.63) is 76.3 Å². The highest BCUT2D eigenvalue weighted by Gasteiger charge is 2.30. The minimum Gasteiger partial charge on any atom is -0.462 e. The number of nitrogens with zero attached hydrogens (tertiary/aromatic N) is 1. The lowest BCUT2D eigenvalue weighted by Gasteiger charge is -2.20. The van der Waals surface area contributed by atoms with Gasteiger partial charge in [-0.25, -0.2) is 9.78 Å². The molecule has 3 aromatic rings. The molecule has 1 aliphatic carbocycles. The number of fused-ring (bicyclic) bond motifs is 1. The van der Waals surface area contributed by atoms with Crippen molar-refractivity contribution >= 4 is 39.9 Å². The van der Waals surface area contributed by atoms with Crippen LogP contribution in [0.5, 0.6) is 0 Å². The van der Waals surface area contributed by atoms with E-state index in [0.717, 1.165) is 23.4 Å². The van der Waals surface area contributed by atoms with E-state index in [9.17, 15) is 14.4 Å². The predicted octanol–water partition coefficient (Wildman–Crippen LogP) is 4.63. The number of ether oxygens (including phenoxy) is 1. The van der Waals surface area contributed by atoms with Gasteiger partial charge < -0.3 is 10.1 Å². The zero-order chi connectivity index (χ0) is 22.5. The van der Waals surface area contributed by atoms with E-state index in [-0.39, 0.29) is 17.7 Å². The molecule has 8 heteroatoms. The van der Waals surface area contributed by atoms with Crippen LogP contribution in [0.1, 0.15) is 57.0 Å². The molecule has 2 N–H and O–H groups in total. The van der Waals surface area contributed by atoms with Crippen LogP contribution in [0.2, 0.25) is 0 Å². The molecule has 0 saturated carbocycles. The highest BCUT2D eigenvalue weighted by molar-refractivity contribution is 7.16. The first kappa shape index (κ1) is 21.7. The molecule has 0 aliphatic heterocycles. The number of hydrogen-bond donors (Lipinski definition) is 2. The molecule has 0 radical (unpaired) electrons. The van der Waals surface area contributed by atoms with Gasteiger partial charge in [0, 0.05) is 16.1 Å². The van der Waals surface area contributed by atoms with Crippen LogP contribution in [0, 0.1) is 0 Å². The van der Waals surface area contributed by atoms with Crippen LogP contribution >= 0.6 is 11.3 Å². The fraction of sp³-hybridized carbons (Fsp3) is 0.250. The number of carbonyl (C=O) groups is 3. The Balaban J connectivity index is 1.45. The van der Waals surface area contributed by atoms with E-state index < -0.39 is 5.97 Å². The van der Waals surface area contributed by atoms with Gasteiger partial charge in [-0.15, -0.1) is 11.3 Å². The van der Waals surface area contributed by atoms with Crippen LogP contribution in [0.4, 0.5) is 10.8 Å². The van der Waals surface area contributed by atoms with Gasteiger partial charge in [0.15, 0.2) is 5.13 Å². The Morgan fingerprint density at radius 3 is 2.50 bits per heavy atom. The largest absolute Gasteiger partial charge is 0.462 e. The van der Waals surface area contributed by atoms with Crippen molar-refractivity contribution in [3.8, 4) is 0 Å². The van der Waals surface area contributed by atoms with Crippen LogP contribution in [-0.4, -0.2) is 29.4 Å². The molecule has 32 heavy (non-hydrogen) atoms. The molecule has 2 aromatic carbocycles. The molecule has 2 amide bonds. The zero-order valence-electron chi connectivity index (χ0n) is 17.6. The lowest BCUT2D eigenvalue weighted by atomic mass is 9.90. The minimum atomic E-state index is -0.394. The van der Waals surface area contributed by atoms with Crippen LogP contribution < -0.4 is 10.6 Å². The van der Waals surface area contributed by atoms with E-state index in [2.05, 4.69) is 15.6 Å². The van der Waals surface area contributed by atoms with E-state index in [1.54, 1.807) is 55.5 Å². The Morgan fingerprint density at radius 2 is 1.78 bits per heavy atom. The van der Waals surface area contributed by atoms with Crippen LogP contribution in [0.3, 0.4) is 0 Å². The topological polar surface area (TPSA) is 97.4 Å². The van der Waals surface area contributed by atoms with Gasteiger partial charge >= 0.3 is 5.97 Å². The number of esters is 1. The molecule has 0 spiro atoms.